The standard InChI is InChI=1S/C7H6FN3O3/c8-3-1-2-4(11(13)14)6(9)5(3)7(10)12/h1-2H,9H2,(H2,10,12). The maximum atomic E-state index is 12.9. The minimum absolute atomic E-state index is 0.541. The Kier molecular flexibility index (Phi) is 2.32. The lowest BCUT2D eigenvalue weighted by Crippen LogP contribution is -2.16. The van der Waals surface area contributed by atoms with Crippen LogP contribution in [-0.4, -0.2) is 10.8 Å². The second kappa shape index (κ2) is 3.29. The SMILES string of the molecule is NC(=O)c1c(F)ccc([N+](=O)[O-])c1N. The van der Waals surface area contributed by atoms with E-state index in [0.29, 0.717) is 0 Å². The van der Waals surface area contributed by atoms with Gasteiger partial charge in [0.15, 0.2) is 0 Å². The van der Waals surface area contributed by atoms with Crippen molar-refractivity contribution < 1.29 is 14.1 Å². The van der Waals surface area contributed by atoms with Crippen molar-refractivity contribution >= 4 is 17.3 Å². The molecule has 6 nitrogen and oxygen atoms in total. The number of nitrogens with zero attached hydrogens (tertiary/aromatic N) is 1. The zero-order chi connectivity index (χ0) is 10.9. The first-order valence-corrected chi connectivity index (χ1v) is 3.47. The highest BCUT2D eigenvalue weighted by Gasteiger charge is 2.21. The van der Waals surface area contributed by atoms with Crippen LogP contribution in [0.5, 0.6) is 0 Å². The Morgan fingerprint density at radius 3 is 2.50 bits per heavy atom. The first-order valence-electron chi connectivity index (χ1n) is 3.47. The second-order valence-electron chi connectivity index (χ2n) is 2.48. The van der Waals surface area contributed by atoms with Gasteiger partial charge >= 0.3 is 0 Å². The Hall–Kier alpha value is -2.18. The molecule has 0 aromatic heterocycles. The highest BCUT2D eigenvalue weighted by atomic mass is 19.1. The van der Waals surface area contributed by atoms with E-state index in [2.05, 4.69) is 0 Å². The van der Waals surface area contributed by atoms with Gasteiger partial charge in [0.05, 0.1) is 4.92 Å². The van der Waals surface area contributed by atoms with Crippen LogP contribution in [0.1, 0.15) is 10.4 Å². The van der Waals surface area contributed by atoms with E-state index in [1.54, 1.807) is 0 Å². The maximum absolute atomic E-state index is 12.9. The van der Waals surface area contributed by atoms with Crippen LogP contribution < -0.4 is 11.5 Å². The molecule has 0 atom stereocenters. The van der Waals surface area contributed by atoms with E-state index in [-0.39, 0.29) is 0 Å². The van der Waals surface area contributed by atoms with Crippen LogP contribution in [0, 0.1) is 15.9 Å². The van der Waals surface area contributed by atoms with Crippen molar-refractivity contribution in [3.8, 4) is 0 Å². The third-order valence-electron chi connectivity index (χ3n) is 1.61. The van der Waals surface area contributed by atoms with Crippen molar-refractivity contribution in [2.45, 2.75) is 0 Å². The lowest BCUT2D eigenvalue weighted by Gasteiger charge is -2.02. The highest BCUT2D eigenvalue weighted by molar-refractivity contribution is 6.00. The molecule has 0 saturated heterocycles. The predicted octanol–water partition coefficient (Wildman–Crippen LogP) is 0.415. The number of hydrogen-bond donors (Lipinski definition) is 2. The van der Waals surface area contributed by atoms with Gasteiger partial charge in [0.1, 0.15) is 17.1 Å². The van der Waals surface area contributed by atoms with Gasteiger partial charge in [0, 0.05) is 6.07 Å². The quantitative estimate of drug-likeness (QED) is 0.408. The van der Waals surface area contributed by atoms with E-state index in [9.17, 15) is 19.3 Å². The molecule has 1 aromatic rings. The van der Waals surface area contributed by atoms with E-state index in [1.807, 2.05) is 0 Å². The zero-order valence-electron chi connectivity index (χ0n) is 6.86. The number of carbonyl (C=O) groups is 1. The summed E-state index contributed by atoms with van der Waals surface area (Å²) in [5.74, 6) is -2.11. The number of anilines is 1. The zero-order valence-corrected chi connectivity index (χ0v) is 6.86. The topological polar surface area (TPSA) is 112 Å². The molecule has 0 unspecified atom stereocenters. The Balaban J connectivity index is 3.49. The summed E-state index contributed by atoms with van der Waals surface area (Å²) in [7, 11) is 0. The molecule has 74 valence electrons. The molecule has 0 aliphatic carbocycles. The summed E-state index contributed by atoms with van der Waals surface area (Å²) in [5, 5.41) is 10.4. The third kappa shape index (κ3) is 1.47. The predicted molar refractivity (Wildman–Crippen MR) is 46.0 cm³/mol. The van der Waals surface area contributed by atoms with Gasteiger partial charge in [-0.15, -0.1) is 0 Å². The van der Waals surface area contributed by atoms with E-state index in [4.69, 9.17) is 11.5 Å². The molecule has 1 amide bonds. The maximum Gasteiger partial charge on any atom is 0.293 e. The van der Waals surface area contributed by atoms with Crippen LogP contribution in [0.15, 0.2) is 12.1 Å². The largest absolute Gasteiger partial charge is 0.392 e. The van der Waals surface area contributed by atoms with Crippen molar-refractivity contribution in [2.75, 3.05) is 5.73 Å². The highest BCUT2D eigenvalue weighted by Crippen LogP contribution is 2.26. The number of nitro groups is 1. The third-order valence-corrected chi connectivity index (χ3v) is 1.61. The number of amides is 1. The van der Waals surface area contributed by atoms with E-state index >= 15 is 0 Å². The molecule has 0 fully saturated rings. The summed E-state index contributed by atoms with van der Waals surface area (Å²) in [6.45, 7) is 0. The van der Waals surface area contributed by atoms with Gasteiger partial charge in [-0.25, -0.2) is 4.39 Å². The van der Waals surface area contributed by atoms with Gasteiger partial charge in [-0.1, -0.05) is 0 Å². The van der Waals surface area contributed by atoms with E-state index in [0.717, 1.165) is 12.1 Å². The fraction of sp³-hybridized carbons (Fsp3) is 0. The lowest BCUT2D eigenvalue weighted by atomic mass is 10.1. The second-order valence-corrected chi connectivity index (χ2v) is 2.48. The Bertz CT molecular complexity index is 419. The molecule has 0 aliphatic heterocycles. The molecule has 0 heterocycles. The number of nitrogen functional groups attached to an aromatic ring is 1. The van der Waals surface area contributed by atoms with Gasteiger partial charge in [0.2, 0.25) is 0 Å². The smallest absolute Gasteiger partial charge is 0.293 e. The molecule has 0 aliphatic rings. The summed E-state index contributed by atoms with van der Waals surface area (Å²) >= 11 is 0. The van der Waals surface area contributed by atoms with Gasteiger partial charge < -0.3 is 11.5 Å². The number of halogens is 1. The van der Waals surface area contributed by atoms with Crippen LogP contribution in [0.2, 0.25) is 0 Å². The summed E-state index contributed by atoms with van der Waals surface area (Å²) in [6.07, 6.45) is 0. The van der Waals surface area contributed by atoms with Gasteiger partial charge in [-0.3, -0.25) is 14.9 Å². The molecular formula is C7H6FN3O3. The molecule has 1 aromatic carbocycles. The number of benzene rings is 1. The van der Waals surface area contributed by atoms with Gasteiger partial charge in [-0.2, -0.15) is 0 Å². The Morgan fingerprint density at radius 1 is 1.50 bits per heavy atom. The van der Waals surface area contributed by atoms with Crippen molar-refractivity contribution in [3.05, 3.63) is 33.6 Å². The monoisotopic (exact) mass is 199 g/mol. The fourth-order valence-electron chi connectivity index (χ4n) is 0.992. The van der Waals surface area contributed by atoms with Crippen LogP contribution in [-0.2, 0) is 0 Å². The molecular weight excluding hydrogens is 193 g/mol. The van der Waals surface area contributed by atoms with Crippen molar-refractivity contribution in [1.29, 1.82) is 0 Å². The normalized spacial score (nSPS) is 9.79. The van der Waals surface area contributed by atoms with Crippen molar-refractivity contribution in [3.63, 3.8) is 0 Å². The summed E-state index contributed by atoms with van der Waals surface area (Å²) in [5.41, 5.74) is 8.26. The number of primary amides is 1. The molecule has 14 heavy (non-hydrogen) atoms. The van der Waals surface area contributed by atoms with Gasteiger partial charge in [-0.05, 0) is 6.07 Å². The average Bonchev–Trinajstić information content (AvgIpc) is 2.02. The average molecular weight is 199 g/mol. The van der Waals surface area contributed by atoms with Crippen LogP contribution in [0.25, 0.3) is 0 Å². The van der Waals surface area contributed by atoms with Crippen LogP contribution in [0.3, 0.4) is 0 Å². The van der Waals surface area contributed by atoms with E-state index < -0.39 is 33.6 Å². The Labute approximate surface area is 77.5 Å². The summed E-state index contributed by atoms with van der Waals surface area (Å²) < 4.78 is 12.9. The molecule has 7 heteroatoms. The minimum Gasteiger partial charge on any atom is -0.392 e. The fourth-order valence-corrected chi connectivity index (χ4v) is 0.992. The van der Waals surface area contributed by atoms with E-state index in [1.165, 1.54) is 0 Å². The molecule has 0 radical (unpaired) electrons. The van der Waals surface area contributed by atoms with Crippen molar-refractivity contribution in [2.24, 2.45) is 5.73 Å². The number of nitrogens with two attached hydrogens (primary N) is 2. The molecule has 4 N–H and O–H groups in total. The number of rotatable bonds is 2. The summed E-state index contributed by atoms with van der Waals surface area (Å²) in [4.78, 5) is 20.2. The minimum atomic E-state index is -1.14. The Morgan fingerprint density at radius 2 is 2.07 bits per heavy atom. The van der Waals surface area contributed by atoms with Crippen LogP contribution >= 0.6 is 0 Å². The molecule has 0 saturated carbocycles. The van der Waals surface area contributed by atoms with Crippen LogP contribution in [0.4, 0.5) is 15.8 Å². The van der Waals surface area contributed by atoms with Gasteiger partial charge in [0.25, 0.3) is 11.6 Å². The first-order chi connectivity index (χ1) is 6.45. The number of nitro benzene ring substituents is 1. The van der Waals surface area contributed by atoms with Crippen molar-refractivity contribution in [1.82, 2.24) is 0 Å². The molecule has 0 spiro atoms. The first kappa shape index (κ1) is 9.90. The molecule has 0 bridgehead atoms. The number of carbonyl (C=O) groups excluding carboxylic acids is 1. The lowest BCUT2D eigenvalue weighted by molar-refractivity contribution is -0.384. The number of hydrogen-bond acceptors (Lipinski definition) is 4. The summed E-state index contributed by atoms with van der Waals surface area (Å²) in [6, 6.07) is 1.64. The molecule has 1 rings (SSSR count).